The van der Waals surface area contributed by atoms with Gasteiger partial charge in [0.15, 0.2) is 11.7 Å². The molecule has 0 aliphatic carbocycles. The Morgan fingerprint density at radius 2 is 2.29 bits per heavy atom. The fourth-order valence-electron chi connectivity index (χ4n) is 3.22. The monoisotopic (exact) mass is 335 g/mol. The summed E-state index contributed by atoms with van der Waals surface area (Å²) in [7, 11) is 2.12. The van der Waals surface area contributed by atoms with E-state index in [1.165, 1.54) is 19.4 Å². The number of nitrogens with one attached hydrogen (secondary N) is 1. The van der Waals surface area contributed by atoms with Gasteiger partial charge in [0, 0.05) is 32.2 Å². The van der Waals surface area contributed by atoms with Crippen LogP contribution in [0.5, 0.6) is 0 Å². The predicted molar refractivity (Wildman–Crippen MR) is 98.3 cm³/mol. The molecule has 6 heteroatoms. The zero-order chi connectivity index (χ0) is 17.5. The van der Waals surface area contributed by atoms with Crippen molar-refractivity contribution in [2.24, 2.45) is 4.99 Å². The van der Waals surface area contributed by atoms with Gasteiger partial charge in [-0.1, -0.05) is 25.9 Å². The Bertz CT molecular complexity index is 525. The molecule has 1 atom stereocenters. The standard InChI is InChI=1S/C18H33N5O/c1-6-19-18(20-12-16-11-17(14(3)4)21-24-16)22(5)13-15-9-8-10-23(15)7-2/h11,14-15H,6-10,12-13H2,1-5H3,(H,19,20). The summed E-state index contributed by atoms with van der Waals surface area (Å²) < 4.78 is 5.39. The number of hydrogen-bond acceptors (Lipinski definition) is 4. The molecular weight excluding hydrogens is 302 g/mol. The van der Waals surface area contributed by atoms with E-state index in [4.69, 9.17) is 9.52 Å². The fraction of sp³-hybridized carbons (Fsp3) is 0.778. The molecule has 2 rings (SSSR count). The van der Waals surface area contributed by atoms with Gasteiger partial charge < -0.3 is 14.7 Å². The molecule has 0 spiro atoms. The molecule has 0 amide bonds. The van der Waals surface area contributed by atoms with Crippen LogP contribution < -0.4 is 5.32 Å². The number of aromatic nitrogens is 1. The lowest BCUT2D eigenvalue weighted by Gasteiger charge is -2.29. The molecule has 24 heavy (non-hydrogen) atoms. The van der Waals surface area contributed by atoms with Gasteiger partial charge in [-0.05, 0) is 38.8 Å². The highest BCUT2D eigenvalue weighted by Crippen LogP contribution is 2.18. The van der Waals surface area contributed by atoms with Gasteiger partial charge in [0.2, 0.25) is 0 Å². The number of likely N-dealkylation sites (N-methyl/N-ethyl adjacent to an activating group) is 2. The van der Waals surface area contributed by atoms with Gasteiger partial charge in [-0.2, -0.15) is 0 Å². The Kier molecular flexibility index (Phi) is 7.09. The molecule has 1 N–H and O–H groups in total. The Hall–Kier alpha value is -1.56. The van der Waals surface area contributed by atoms with Crippen LogP contribution >= 0.6 is 0 Å². The van der Waals surface area contributed by atoms with E-state index in [0.29, 0.717) is 18.5 Å². The largest absolute Gasteiger partial charge is 0.359 e. The first-order chi connectivity index (χ1) is 11.5. The summed E-state index contributed by atoms with van der Waals surface area (Å²) in [5.74, 6) is 2.13. The molecule has 136 valence electrons. The first kappa shape index (κ1) is 18.8. The molecule has 0 bridgehead atoms. The van der Waals surface area contributed by atoms with Crippen molar-refractivity contribution in [3.63, 3.8) is 0 Å². The number of nitrogens with zero attached hydrogens (tertiary/aromatic N) is 4. The van der Waals surface area contributed by atoms with Crippen molar-refractivity contribution < 1.29 is 4.52 Å². The van der Waals surface area contributed by atoms with Crippen molar-refractivity contribution in [1.29, 1.82) is 0 Å². The Labute approximate surface area is 146 Å². The van der Waals surface area contributed by atoms with Crippen molar-refractivity contribution in [1.82, 2.24) is 20.3 Å². The zero-order valence-electron chi connectivity index (χ0n) is 15.9. The number of aliphatic imine (C=N–C) groups is 1. The van der Waals surface area contributed by atoms with Gasteiger partial charge in [-0.25, -0.2) is 4.99 Å². The Morgan fingerprint density at radius 3 is 2.92 bits per heavy atom. The van der Waals surface area contributed by atoms with Crippen LogP contribution in [0.25, 0.3) is 0 Å². The Morgan fingerprint density at radius 1 is 1.50 bits per heavy atom. The van der Waals surface area contributed by atoms with Crippen LogP contribution in [0.4, 0.5) is 0 Å². The Balaban J connectivity index is 1.98. The first-order valence-corrected chi connectivity index (χ1v) is 9.24. The number of hydrogen-bond donors (Lipinski definition) is 1. The van der Waals surface area contributed by atoms with E-state index in [0.717, 1.165) is 37.0 Å². The molecule has 1 aliphatic rings. The minimum Gasteiger partial charge on any atom is -0.359 e. The third-order valence-electron chi connectivity index (χ3n) is 4.64. The summed E-state index contributed by atoms with van der Waals surface area (Å²) in [5.41, 5.74) is 0.989. The van der Waals surface area contributed by atoms with Crippen molar-refractivity contribution in [3.05, 3.63) is 17.5 Å². The van der Waals surface area contributed by atoms with Crippen LogP contribution in [-0.2, 0) is 6.54 Å². The summed E-state index contributed by atoms with van der Waals surface area (Å²) in [6.45, 7) is 13.3. The smallest absolute Gasteiger partial charge is 0.194 e. The maximum atomic E-state index is 5.39. The molecule has 0 saturated carbocycles. The van der Waals surface area contributed by atoms with E-state index in [9.17, 15) is 0 Å². The SMILES string of the molecule is CCNC(=NCc1cc(C(C)C)no1)N(C)CC1CCCN1CC. The zero-order valence-corrected chi connectivity index (χ0v) is 15.9. The van der Waals surface area contributed by atoms with Gasteiger partial charge in [0.05, 0.1) is 5.69 Å². The van der Waals surface area contributed by atoms with E-state index in [1.54, 1.807) is 0 Å². The number of rotatable bonds is 7. The van der Waals surface area contributed by atoms with Crippen LogP contribution in [0.15, 0.2) is 15.6 Å². The molecule has 0 aromatic carbocycles. The van der Waals surface area contributed by atoms with Crippen LogP contribution in [0.1, 0.15) is 57.9 Å². The molecule has 1 aromatic heterocycles. The average Bonchev–Trinajstić information content (AvgIpc) is 3.20. The first-order valence-electron chi connectivity index (χ1n) is 9.24. The average molecular weight is 335 g/mol. The predicted octanol–water partition coefficient (Wildman–Crippen LogP) is 2.68. The van der Waals surface area contributed by atoms with Gasteiger partial charge in [0.25, 0.3) is 0 Å². The summed E-state index contributed by atoms with van der Waals surface area (Å²) in [6.07, 6.45) is 2.58. The highest BCUT2D eigenvalue weighted by Gasteiger charge is 2.25. The van der Waals surface area contributed by atoms with Gasteiger partial charge in [0.1, 0.15) is 6.54 Å². The maximum Gasteiger partial charge on any atom is 0.194 e. The second kappa shape index (κ2) is 9.06. The highest BCUT2D eigenvalue weighted by molar-refractivity contribution is 5.79. The molecule has 1 aliphatic heterocycles. The molecule has 1 aromatic rings. The van der Waals surface area contributed by atoms with Crippen LogP contribution in [0.2, 0.25) is 0 Å². The van der Waals surface area contributed by atoms with E-state index in [2.05, 4.69) is 55.0 Å². The molecule has 1 fully saturated rings. The van der Waals surface area contributed by atoms with E-state index in [-0.39, 0.29) is 0 Å². The van der Waals surface area contributed by atoms with E-state index >= 15 is 0 Å². The van der Waals surface area contributed by atoms with Crippen molar-refractivity contribution in [2.75, 3.05) is 33.2 Å². The second-order valence-corrected chi connectivity index (χ2v) is 6.85. The summed E-state index contributed by atoms with van der Waals surface area (Å²) in [6, 6.07) is 2.63. The molecule has 1 unspecified atom stereocenters. The van der Waals surface area contributed by atoms with Crippen LogP contribution in [0.3, 0.4) is 0 Å². The van der Waals surface area contributed by atoms with Crippen molar-refractivity contribution >= 4 is 5.96 Å². The summed E-state index contributed by atoms with van der Waals surface area (Å²) in [5, 5.41) is 7.49. The minimum absolute atomic E-state index is 0.379. The van der Waals surface area contributed by atoms with E-state index < -0.39 is 0 Å². The van der Waals surface area contributed by atoms with Gasteiger partial charge in [-0.15, -0.1) is 0 Å². The van der Waals surface area contributed by atoms with E-state index in [1.807, 2.05) is 6.07 Å². The molecule has 6 nitrogen and oxygen atoms in total. The van der Waals surface area contributed by atoms with Crippen LogP contribution in [-0.4, -0.2) is 60.2 Å². The minimum atomic E-state index is 0.379. The normalized spacial score (nSPS) is 19.2. The maximum absolute atomic E-state index is 5.39. The van der Waals surface area contributed by atoms with Gasteiger partial charge >= 0.3 is 0 Å². The molecule has 2 heterocycles. The lowest BCUT2D eigenvalue weighted by Crippen LogP contribution is -2.45. The fourth-order valence-corrected chi connectivity index (χ4v) is 3.22. The van der Waals surface area contributed by atoms with Crippen molar-refractivity contribution in [2.45, 2.75) is 59.0 Å². The van der Waals surface area contributed by atoms with Crippen LogP contribution in [0, 0.1) is 0 Å². The van der Waals surface area contributed by atoms with Crippen molar-refractivity contribution in [3.8, 4) is 0 Å². The second-order valence-electron chi connectivity index (χ2n) is 6.85. The highest BCUT2D eigenvalue weighted by atomic mass is 16.5. The quantitative estimate of drug-likeness (QED) is 0.613. The summed E-state index contributed by atoms with van der Waals surface area (Å²) in [4.78, 5) is 9.53. The van der Waals surface area contributed by atoms with Gasteiger partial charge in [-0.3, -0.25) is 4.90 Å². The lowest BCUT2D eigenvalue weighted by molar-refractivity contribution is 0.232. The molecule has 1 saturated heterocycles. The lowest BCUT2D eigenvalue weighted by atomic mass is 10.1. The number of likely N-dealkylation sites (tertiary alicyclic amines) is 1. The topological polar surface area (TPSA) is 56.9 Å². The third kappa shape index (κ3) is 4.97. The summed E-state index contributed by atoms with van der Waals surface area (Å²) >= 11 is 0. The molecule has 0 radical (unpaired) electrons. The third-order valence-corrected chi connectivity index (χ3v) is 4.64. The molecular formula is C18H33N5O. The number of guanidine groups is 1.